The van der Waals surface area contributed by atoms with Crippen molar-refractivity contribution in [2.45, 2.75) is 83.5 Å². The minimum atomic E-state index is -3.51. The highest BCUT2D eigenvalue weighted by molar-refractivity contribution is 5.75. The Labute approximate surface area is 188 Å². The maximum absolute atomic E-state index is 15.4. The second-order valence-electron chi connectivity index (χ2n) is 8.17. The molecule has 1 fully saturated rings. The number of nitrogens with one attached hydrogen (secondary N) is 1. The van der Waals surface area contributed by atoms with E-state index in [4.69, 9.17) is 19.9 Å². The van der Waals surface area contributed by atoms with Crippen molar-refractivity contribution in [3.8, 4) is 0 Å². The van der Waals surface area contributed by atoms with Gasteiger partial charge in [0.05, 0.1) is 31.5 Å². The number of alkyl halides is 2. The van der Waals surface area contributed by atoms with E-state index in [2.05, 4.69) is 5.32 Å². The second kappa shape index (κ2) is 11.7. The summed E-state index contributed by atoms with van der Waals surface area (Å²) in [6.07, 6.45) is -3.45. The number of nitrogens with two attached hydrogens (primary N) is 1. The van der Waals surface area contributed by atoms with Crippen LogP contribution in [0, 0.1) is 5.92 Å². The Balaban J connectivity index is 2.31. The molecule has 1 saturated heterocycles. The third-order valence-corrected chi connectivity index (χ3v) is 5.66. The van der Waals surface area contributed by atoms with Gasteiger partial charge in [0, 0.05) is 19.3 Å². The molecule has 0 unspecified atom stereocenters. The Morgan fingerprint density at radius 2 is 1.91 bits per heavy atom. The second-order valence-corrected chi connectivity index (χ2v) is 8.17. The maximum Gasteiger partial charge on any atom is 0.323 e. The van der Waals surface area contributed by atoms with Crippen LogP contribution in [0.4, 0.5) is 8.78 Å². The maximum atomic E-state index is 15.4. The molecule has 1 aromatic carbocycles. The molecule has 1 aliphatic heterocycles. The lowest BCUT2D eigenvalue weighted by Gasteiger charge is -2.48. The summed E-state index contributed by atoms with van der Waals surface area (Å²) in [7, 11) is 0. The first-order valence-electron chi connectivity index (χ1n) is 11.0. The fraction of sp³-hybridized carbons (Fsp3) is 0.652. The minimum absolute atomic E-state index is 0.0391. The smallest absolute Gasteiger partial charge is 0.323 e. The van der Waals surface area contributed by atoms with Crippen LogP contribution in [-0.4, -0.2) is 54.8 Å². The lowest BCUT2D eigenvalue weighted by atomic mass is 9.82. The van der Waals surface area contributed by atoms with Crippen LogP contribution in [0.3, 0.4) is 0 Å². The molecule has 3 N–H and O–H groups in total. The lowest BCUT2D eigenvalue weighted by Crippen LogP contribution is -2.66. The average Bonchev–Trinajstić information content (AvgIpc) is 2.73. The molecule has 1 amide bonds. The van der Waals surface area contributed by atoms with E-state index < -0.39 is 54.6 Å². The first-order chi connectivity index (χ1) is 15.1. The predicted octanol–water partition coefficient (Wildman–Crippen LogP) is 2.81. The fourth-order valence-corrected chi connectivity index (χ4v) is 4.09. The Kier molecular flexibility index (Phi) is 9.54. The van der Waals surface area contributed by atoms with E-state index in [-0.39, 0.29) is 19.1 Å². The van der Waals surface area contributed by atoms with Crippen LogP contribution in [0.1, 0.15) is 46.1 Å². The van der Waals surface area contributed by atoms with E-state index >= 15 is 8.78 Å². The molecule has 1 aliphatic rings. The Bertz CT molecular complexity index is 749. The molecule has 180 valence electrons. The van der Waals surface area contributed by atoms with Gasteiger partial charge in [0.1, 0.15) is 12.1 Å². The number of carbonyl (C=O) groups is 2. The Hall–Kier alpha value is -2.10. The number of carbonyl (C=O) groups excluding carboxylic acids is 2. The van der Waals surface area contributed by atoms with E-state index in [0.29, 0.717) is 6.42 Å². The predicted molar refractivity (Wildman–Crippen MR) is 115 cm³/mol. The molecule has 9 heteroatoms. The first-order valence-corrected chi connectivity index (χ1v) is 11.0. The van der Waals surface area contributed by atoms with Crippen molar-refractivity contribution in [1.82, 2.24) is 5.32 Å². The number of hydrogen-bond acceptors (Lipinski definition) is 6. The number of amides is 1. The molecule has 0 aromatic heterocycles. The summed E-state index contributed by atoms with van der Waals surface area (Å²) in [4.78, 5) is 23.8. The molecular formula is C23H34F2N2O5. The van der Waals surface area contributed by atoms with E-state index in [1.165, 1.54) is 6.92 Å². The zero-order valence-corrected chi connectivity index (χ0v) is 19.1. The molecule has 0 bridgehead atoms. The van der Waals surface area contributed by atoms with Crippen LogP contribution in [0.2, 0.25) is 0 Å². The van der Waals surface area contributed by atoms with E-state index in [0.717, 1.165) is 5.56 Å². The minimum Gasteiger partial charge on any atom is -0.465 e. The molecule has 1 heterocycles. The van der Waals surface area contributed by atoms with Crippen molar-refractivity contribution in [1.29, 1.82) is 0 Å². The van der Waals surface area contributed by atoms with Crippen LogP contribution in [0.5, 0.6) is 0 Å². The van der Waals surface area contributed by atoms with Crippen molar-refractivity contribution in [3.63, 3.8) is 0 Å². The highest BCUT2D eigenvalue weighted by atomic mass is 19.3. The van der Waals surface area contributed by atoms with E-state index in [9.17, 15) is 9.59 Å². The Morgan fingerprint density at radius 3 is 2.47 bits per heavy atom. The zero-order chi connectivity index (χ0) is 23.9. The number of rotatable bonds is 10. The van der Waals surface area contributed by atoms with Gasteiger partial charge in [0.2, 0.25) is 5.91 Å². The highest BCUT2D eigenvalue weighted by Gasteiger charge is 2.55. The molecule has 32 heavy (non-hydrogen) atoms. The fourth-order valence-electron chi connectivity index (χ4n) is 4.09. The molecule has 0 saturated carbocycles. The van der Waals surface area contributed by atoms with Crippen molar-refractivity contribution < 1.29 is 32.6 Å². The van der Waals surface area contributed by atoms with Crippen molar-refractivity contribution in [2.24, 2.45) is 11.7 Å². The van der Waals surface area contributed by atoms with Crippen LogP contribution in [0.25, 0.3) is 0 Å². The zero-order valence-electron chi connectivity index (χ0n) is 19.1. The van der Waals surface area contributed by atoms with E-state index in [1.54, 1.807) is 6.92 Å². The van der Waals surface area contributed by atoms with Gasteiger partial charge >= 0.3 is 5.97 Å². The first kappa shape index (κ1) is 26.2. The SMILES string of the molecule is CCOC(=O)[C@@H](N)CC(F)(F)[C@H]1O[C@H](CC)[C@H](C)[C@H](OCc2ccccc2)[C@H]1NC(C)=O. The van der Waals surface area contributed by atoms with Gasteiger partial charge in [-0.2, -0.15) is 0 Å². The van der Waals surface area contributed by atoms with Gasteiger partial charge in [0.15, 0.2) is 0 Å². The molecule has 6 atom stereocenters. The summed E-state index contributed by atoms with van der Waals surface area (Å²) in [6, 6.07) is 6.70. The molecular weight excluding hydrogens is 422 g/mol. The van der Waals surface area contributed by atoms with Crippen LogP contribution >= 0.6 is 0 Å². The van der Waals surface area contributed by atoms with Crippen LogP contribution in [-0.2, 0) is 30.4 Å². The summed E-state index contributed by atoms with van der Waals surface area (Å²) >= 11 is 0. The Morgan fingerprint density at radius 1 is 1.25 bits per heavy atom. The number of ether oxygens (including phenoxy) is 3. The van der Waals surface area contributed by atoms with Gasteiger partial charge in [-0.15, -0.1) is 0 Å². The van der Waals surface area contributed by atoms with Gasteiger partial charge < -0.3 is 25.3 Å². The van der Waals surface area contributed by atoms with Gasteiger partial charge in [0.25, 0.3) is 5.92 Å². The van der Waals surface area contributed by atoms with Gasteiger partial charge in [-0.25, -0.2) is 8.78 Å². The summed E-state index contributed by atoms with van der Waals surface area (Å²) in [5.41, 5.74) is 6.56. The summed E-state index contributed by atoms with van der Waals surface area (Å²) in [5.74, 6) is -5.16. The van der Waals surface area contributed by atoms with Gasteiger partial charge in [-0.1, -0.05) is 44.2 Å². The number of esters is 1. The van der Waals surface area contributed by atoms with Crippen molar-refractivity contribution >= 4 is 11.9 Å². The monoisotopic (exact) mass is 456 g/mol. The number of benzene rings is 1. The third-order valence-electron chi connectivity index (χ3n) is 5.66. The molecule has 0 radical (unpaired) electrons. The standard InChI is InChI=1S/C23H34F2N2O5/c1-5-18-14(3)20(31-13-16-10-8-7-9-11-16)19(27-15(4)28)21(32-18)23(24,25)12-17(26)22(29)30-6-2/h7-11,14,17-21H,5-6,12-13,26H2,1-4H3,(H,27,28)/t14-,17-,18+,19+,20-,21-/m0/s1. The van der Waals surface area contributed by atoms with Crippen LogP contribution in [0.15, 0.2) is 30.3 Å². The topological polar surface area (TPSA) is 99.9 Å². The van der Waals surface area contributed by atoms with Crippen molar-refractivity contribution in [3.05, 3.63) is 35.9 Å². The van der Waals surface area contributed by atoms with Crippen LogP contribution < -0.4 is 11.1 Å². The molecule has 7 nitrogen and oxygen atoms in total. The average molecular weight is 457 g/mol. The molecule has 2 rings (SSSR count). The largest absolute Gasteiger partial charge is 0.465 e. The third kappa shape index (κ3) is 6.70. The molecule has 1 aromatic rings. The number of halogens is 2. The molecule has 0 aliphatic carbocycles. The van der Waals surface area contributed by atoms with E-state index in [1.807, 2.05) is 44.2 Å². The van der Waals surface area contributed by atoms with Crippen molar-refractivity contribution in [2.75, 3.05) is 6.61 Å². The highest BCUT2D eigenvalue weighted by Crippen LogP contribution is 2.39. The number of hydrogen-bond donors (Lipinski definition) is 2. The normalized spacial score (nSPS) is 26.9. The van der Waals surface area contributed by atoms with Gasteiger partial charge in [-0.05, 0) is 18.9 Å². The lowest BCUT2D eigenvalue weighted by molar-refractivity contribution is -0.241. The summed E-state index contributed by atoms with van der Waals surface area (Å²) in [6.45, 7) is 6.76. The quantitative estimate of drug-likeness (QED) is 0.525. The summed E-state index contributed by atoms with van der Waals surface area (Å²) < 4.78 is 47.5. The van der Waals surface area contributed by atoms with Gasteiger partial charge in [-0.3, -0.25) is 9.59 Å². The molecule has 0 spiro atoms. The summed E-state index contributed by atoms with van der Waals surface area (Å²) in [5, 5.41) is 2.60.